The number of anilines is 1. The van der Waals surface area contributed by atoms with Crippen LogP contribution in [0.25, 0.3) is 0 Å². The van der Waals surface area contributed by atoms with Crippen LogP contribution in [0.2, 0.25) is 0 Å². The van der Waals surface area contributed by atoms with E-state index in [0.717, 1.165) is 33.1 Å². The van der Waals surface area contributed by atoms with Crippen LogP contribution >= 0.6 is 27.7 Å². The second-order valence-corrected chi connectivity index (χ2v) is 6.26. The van der Waals surface area contributed by atoms with E-state index in [-0.39, 0.29) is 5.91 Å². The van der Waals surface area contributed by atoms with Crippen molar-refractivity contribution in [3.63, 3.8) is 0 Å². The number of rotatable bonds is 2. The van der Waals surface area contributed by atoms with Gasteiger partial charge in [0.2, 0.25) is 0 Å². The summed E-state index contributed by atoms with van der Waals surface area (Å²) in [6, 6.07) is 7.35. The van der Waals surface area contributed by atoms with Gasteiger partial charge in [0.25, 0.3) is 5.91 Å². The van der Waals surface area contributed by atoms with Gasteiger partial charge >= 0.3 is 0 Å². The Morgan fingerprint density at radius 1 is 1.47 bits per heavy atom. The third-order valence-corrected chi connectivity index (χ3v) is 4.50. The van der Waals surface area contributed by atoms with Gasteiger partial charge in [-0.25, -0.2) is 0 Å². The standard InChI is InChI=1S/C13H12BrN3OS/c1-17-12(10-6-19-7-11(10)16-17)15-13(18)8-3-2-4-9(14)5-8/h2-5H,6-7H2,1H3,(H,15,18). The van der Waals surface area contributed by atoms with E-state index in [1.807, 2.05) is 30.9 Å². The van der Waals surface area contributed by atoms with Gasteiger partial charge in [0.05, 0.1) is 5.69 Å². The van der Waals surface area contributed by atoms with Crippen LogP contribution in [0.4, 0.5) is 5.82 Å². The Morgan fingerprint density at radius 2 is 2.32 bits per heavy atom. The summed E-state index contributed by atoms with van der Waals surface area (Å²) in [5, 5.41) is 7.39. The summed E-state index contributed by atoms with van der Waals surface area (Å²) in [5.74, 6) is 2.54. The molecule has 2 heterocycles. The Balaban J connectivity index is 1.88. The van der Waals surface area contributed by atoms with Crippen molar-refractivity contribution < 1.29 is 4.79 Å². The van der Waals surface area contributed by atoms with Gasteiger partial charge in [-0.1, -0.05) is 22.0 Å². The predicted octanol–water partition coefficient (Wildman–Crippen LogP) is 3.18. The van der Waals surface area contributed by atoms with Crippen molar-refractivity contribution in [1.82, 2.24) is 9.78 Å². The molecule has 0 unspecified atom stereocenters. The first kappa shape index (κ1) is 12.7. The van der Waals surface area contributed by atoms with Gasteiger partial charge in [0, 0.05) is 34.2 Å². The maximum absolute atomic E-state index is 12.2. The van der Waals surface area contributed by atoms with Gasteiger partial charge in [-0.15, -0.1) is 0 Å². The van der Waals surface area contributed by atoms with Gasteiger partial charge in [0.15, 0.2) is 0 Å². The number of halogens is 1. The lowest BCUT2D eigenvalue weighted by molar-refractivity contribution is 0.102. The lowest BCUT2D eigenvalue weighted by Crippen LogP contribution is -2.15. The molecule has 0 radical (unpaired) electrons. The van der Waals surface area contributed by atoms with Gasteiger partial charge in [-0.05, 0) is 18.2 Å². The number of nitrogens with zero attached hydrogens (tertiary/aromatic N) is 2. The normalized spacial score (nSPS) is 13.4. The summed E-state index contributed by atoms with van der Waals surface area (Å²) < 4.78 is 2.64. The van der Waals surface area contributed by atoms with Gasteiger partial charge < -0.3 is 5.32 Å². The van der Waals surface area contributed by atoms with Crippen molar-refractivity contribution in [3.8, 4) is 0 Å². The molecule has 0 fully saturated rings. The number of thioether (sulfide) groups is 1. The van der Waals surface area contributed by atoms with Crippen LogP contribution in [-0.4, -0.2) is 15.7 Å². The van der Waals surface area contributed by atoms with E-state index in [2.05, 4.69) is 26.3 Å². The molecular formula is C13H12BrN3OS. The summed E-state index contributed by atoms with van der Waals surface area (Å²) in [6.45, 7) is 0. The molecule has 0 aliphatic carbocycles. The first-order valence-corrected chi connectivity index (χ1v) is 7.79. The van der Waals surface area contributed by atoms with Gasteiger partial charge in [-0.3, -0.25) is 9.48 Å². The monoisotopic (exact) mass is 337 g/mol. The first-order chi connectivity index (χ1) is 9.15. The van der Waals surface area contributed by atoms with E-state index < -0.39 is 0 Å². The zero-order valence-electron chi connectivity index (χ0n) is 10.3. The fraction of sp³-hybridized carbons (Fsp3) is 0.231. The minimum Gasteiger partial charge on any atom is -0.307 e. The minimum absolute atomic E-state index is 0.107. The molecule has 3 rings (SSSR count). The zero-order valence-corrected chi connectivity index (χ0v) is 12.7. The molecule has 1 aromatic carbocycles. The van der Waals surface area contributed by atoms with E-state index in [1.54, 1.807) is 16.8 Å². The summed E-state index contributed by atoms with van der Waals surface area (Å²) in [6.07, 6.45) is 0. The SMILES string of the molecule is Cn1nc2c(c1NC(=O)c1cccc(Br)c1)CSC2. The zero-order chi connectivity index (χ0) is 13.4. The highest BCUT2D eigenvalue weighted by atomic mass is 79.9. The summed E-state index contributed by atoms with van der Waals surface area (Å²) in [5.41, 5.74) is 2.86. The Kier molecular flexibility index (Phi) is 3.36. The smallest absolute Gasteiger partial charge is 0.256 e. The molecule has 1 amide bonds. The van der Waals surface area contributed by atoms with Crippen LogP contribution < -0.4 is 5.32 Å². The number of fused-ring (bicyclic) bond motifs is 1. The molecular weight excluding hydrogens is 326 g/mol. The Bertz CT molecular complexity index is 653. The second kappa shape index (κ2) is 5.02. The Morgan fingerprint density at radius 3 is 3.11 bits per heavy atom. The van der Waals surface area contributed by atoms with Crippen LogP contribution in [0.1, 0.15) is 21.6 Å². The molecule has 0 atom stereocenters. The second-order valence-electron chi connectivity index (χ2n) is 4.35. The highest BCUT2D eigenvalue weighted by molar-refractivity contribution is 9.10. The number of amides is 1. The van der Waals surface area contributed by atoms with Crippen molar-refractivity contribution >= 4 is 39.4 Å². The number of carbonyl (C=O) groups is 1. The largest absolute Gasteiger partial charge is 0.307 e. The first-order valence-electron chi connectivity index (χ1n) is 5.84. The lowest BCUT2D eigenvalue weighted by Gasteiger charge is -2.07. The molecule has 1 aromatic heterocycles. The van der Waals surface area contributed by atoms with Crippen LogP contribution in [-0.2, 0) is 18.6 Å². The van der Waals surface area contributed by atoms with Crippen molar-refractivity contribution in [1.29, 1.82) is 0 Å². The molecule has 0 saturated heterocycles. The number of aromatic nitrogens is 2. The lowest BCUT2D eigenvalue weighted by atomic mass is 10.2. The Hall–Kier alpha value is -1.27. The average molecular weight is 338 g/mol. The number of carbonyl (C=O) groups excluding carboxylic acids is 1. The number of hydrogen-bond acceptors (Lipinski definition) is 3. The van der Waals surface area contributed by atoms with E-state index in [4.69, 9.17) is 0 Å². The third-order valence-electron chi connectivity index (χ3n) is 3.03. The van der Waals surface area contributed by atoms with Crippen LogP contribution in [0, 0.1) is 0 Å². The van der Waals surface area contributed by atoms with Gasteiger partial charge in [-0.2, -0.15) is 16.9 Å². The highest BCUT2D eigenvalue weighted by Crippen LogP contribution is 2.34. The molecule has 0 spiro atoms. The summed E-state index contributed by atoms with van der Waals surface area (Å²) in [4.78, 5) is 12.2. The van der Waals surface area contributed by atoms with Crippen LogP contribution in [0.15, 0.2) is 28.7 Å². The topological polar surface area (TPSA) is 46.9 Å². The number of hydrogen-bond donors (Lipinski definition) is 1. The van der Waals surface area contributed by atoms with E-state index >= 15 is 0 Å². The summed E-state index contributed by atoms with van der Waals surface area (Å²) >= 11 is 5.19. The predicted molar refractivity (Wildman–Crippen MR) is 80.3 cm³/mol. The van der Waals surface area contributed by atoms with Crippen molar-refractivity contribution in [2.75, 3.05) is 5.32 Å². The van der Waals surface area contributed by atoms with E-state index in [9.17, 15) is 4.79 Å². The fourth-order valence-corrected chi connectivity index (χ4v) is 3.54. The molecule has 19 heavy (non-hydrogen) atoms. The molecule has 2 aromatic rings. The molecule has 1 N–H and O–H groups in total. The minimum atomic E-state index is -0.107. The van der Waals surface area contributed by atoms with E-state index in [1.165, 1.54) is 0 Å². The van der Waals surface area contributed by atoms with Crippen molar-refractivity contribution in [3.05, 3.63) is 45.6 Å². The third kappa shape index (κ3) is 2.42. The molecule has 98 valence electrons. The Labute approximate surface area is 123 Å². The maximum Gasteiger partial charge on any atom is 0.256 e. The number of aryl methyl sites for hydroxylation is 1. The molecule has 1 aliphatic rings. The number of benzene rings is 1. The van der Waals surface area contributed by atoms with Crippen molar-refractivity contribution in [2.45, 2.75) is 11.5 Å². The molecule has 1 aliphatic heterocycles. The molecule has 6 heteroatoms. The fourth-order valence-electron chi connectivity index (χ4n) is 2.11. The number of nitrogens with one attached hydrogen (secondary N) is 1. The van der Waals surface area contributed by atoms with Crippen LogP contribution in [0.5, 0.6) is 0 Å². The maximum atomic E-state index is 12.2. The molecule has 0 saturated carbocycles. The highest BCUT2D eigenvalue weighted by Gasteiger charge is 2.22. The van der Waals surface area contributed by atoms with Crippen molar-refractivity contribution in [2.24, 2.45) is 7.05 Å². The van der Waals surface area contributed by atoms with Gasteiger partial charge in [0.1, 0.15) is 5.82 Å². The molecule has 0 bridgehead atoms. The van der Waals surface area contributed by atoms with E-state index in [0.29, 0.717) is 5.56 Å². The molecule has 4 nitrogen and oxygen atoms in total. The quantitative estimate of drug-likeness (QED) is 0.915. The average Bonchev–Trinajstić information content (AvgIpc) is 2.93. The van der Waals surface area contributed by atoms with Crippen LogP contribution in [0.3, 0.4) is 0 Å². The summed E-state index contributed by atoms with van der Waals surface area (Å²) in [7, 11) is 1.86.